The van der Waals surface area contributed by atoms with Crippen molar-refractivity contribution in [3.05, 3.63) is 11.1 Å². The Labute approximate surface area is 66.1 Å². The van der Waals surface area contributed by atoms with E-state index in [1.807, 2.05) is 0 Å². The topological polar surface area (TPSA) is 20.2 Å². The van der Waals surface area contributed by atoms with E-state index in [9.17, 15) is 0 Å². The first kappa shape index (κ1) is 8.78. The van der Waals surface area contributed by atoms with Gasteiger partial charge in [0.15, 0.2) is 0 Å². The van der Waals surface area contributed by atoms with E-state index in [4.69, 9.17) is 24.4 Å². The zero-order valence-corrected chi connectivity index (χ0v) is 5.68. The zero-order chi connectivity index (χ0) is 8.69. The molecule has 0 amide bonds. The lowest BCUT2D eigenvalue weighted by Crippen LogP contribution is -1.80. The van der Waals surface area contributed by atoms with E-state index in [1.165, 1.54) is 0 Å². The van der Waals surface area contributed by atoms with Gasteiger partial charge in [0.05, 0.1) is 5.57 Å². The van der Waals surface area contributed by atoms with E-state index >= 15 is 0 Å². The fourth-order valence-corrected chi connectivity index (χ4v) is 0.413. The van der Waals surface area contributed by atoms with Crippen LogP contribution in [0.25, 0.3) is 0 Å². The van der Waals surface area contributed by atoms with Gasteiger partial charge in [-0.05, 0) is 5.92 Å². The van der Waals surface area contributed by atoms with Crippen LogP contribution in [0.1, 0.15) is 0 Å². The summed E-state index contributed by atoms with van der Waals surface area (Å²) < 4.78 is 0. The van der Waals surface area contributed by atoms with Crippen molar-refractivity contribution < 1.29 is 5.11 Å². The van der Waals surface area contributed by atoms with Crippen molar-refractivity contribution in [1.29, 1.82) is 0 Å². The lowest BCUT2D eigenvalue weighted by molar-refractivity contribution is 0.517. The Bertz CT molecular complexity index is 337. The van der Waals surface area contributed by atoms with Gasteiger partial charge in [-0.25, -0.2) is 0 Å². The summed E-state index contributed by atoms with van der Waals surface area (Å²) in [4.78, 5) is 0. The number of rotatable bonds is 0. The van der Waals surface area contributed by atoms with Gasteiger partial charge in [-0.3, -0.25) is 0 Å². The summed E-state index contributed by atoms with van der Waals surface area (Å²) in [5.41, 5.74) is 0.326. The molecule has 0 aliphatic rings. The summed E-state index contributed by atoms with van der Waals surface area (Å²) in [6, 6.07) is 0. The van der Waals surface area contributed by atoms with Gasteiger partial charge in [0.1, 0.15) is 11.7 Å². The number of aliphatic hydroxyl groups excluding tert-OH is 1. The maximum Gasteiger partial charge on any atom is 0.113 e. The van der Waals surface area contributed by atoms with Gasteiger partial charge in [0.25, 0.3) is 0 Å². The molecule has 11 heavy (non-hydrogen) atoms. The SMILES string of the molecule is C#CC(C#C)=C(C#C)C#CO. The number of hydrogen-bond donors (Lipinski definition) is 1. The van der Waals surface area contributed by atoms with Gasteiger partial charge in [-0.15, -0.1) is 19.3 Å². The molecule has 0 bridgehead atoms. The normalized spacial score (nSPS) is 5.55. The second kappa shape index (κ2) is 4.64. The number of allylic oxidation sites excluding steroid dienone is 2. The molecule has 0 aromatic carbocycles. The highest BCUT2D eigenvalue weighted by molar-refractivity contribution is 5.58. The van der Waals surface area contributed by atoms with E-state index < -0.39 is 0 Å². The van der Waals surface area contributed by atoms with Gasteiger partial charge in [0.2, 0.25) is 0 Å². The van der Waals surface area contributed by atoms with E-state index in [0.29, 0.717) is 0 Å². The van der Waals surface area contributed by atoms with Crippen LogP contribution in [-0.2, 0) is 0 Å². The Balaban J connectivity index is 5.19. The van der Waals surface area contributed by atoms with Crippen LogP contribution in [0.15, 0.2) is 11.1 Å². The van der Waals surface area contributed by atoms with Crippen LogP contribution < -0.4 is 0 Å². The van der Waals surface area contributed by atoms with Gasteiger partial charge in [0, 0.05) is 0 Å². The van der Waals surface area contributed by atoms with Crippen molar-refractivity contribution in [2.45, 2.75) is 0 Å². The Morgan fingerprint density at radius 1 is 0.909 bits per heavy atom. The number of aliphatic hydroxyl groups is 1. The highest BCUT2D eigenvalue weighted by atomic mass is 16.2. The molecule has 0 heterocycles. The van der Waals surface area contributed by atoms with Crippen molar-refractivity contribution in [1.82, 2.24) is 0 Å². The van der Waals surface area contributed by atoms with Crippen molar-refractivity contribution in [3.8, 4) is 49.1 Å². The molecule has 0 radical (unpaired) electrons. The van der Waals surface area contributed by atoms with Gasteiger partial charge in [-0.2, -0.15) is 0 Å². The summed E-state index contributed by atoms with van der Waals surface area (Å²) in [5.74, 6) is 8.71. The summed E-state index contributed by atoms with van der Waals surface area (Å²) in [6.45, 7) is 0. The largest absolute Gasteiger partial charge is 0.462 e. The second-order valence-corrected chi connectivity index (χ2v) is 1.42. The summed E-state index contributed by atoms with van der Waals surface area (Å²) in [6.07, 6.45) is 16.6. The standard InChI is InChI=1S/C10H4O/c1-4-9(5-2)10(6-3)7-8-11/h1-3,11H. The molecular weight excluding hydrogens is 136 g/mol. The molecule has 0 fully saturated rings. The van der Waals surface area contributed by atoms with Crippen molar-refractivity contribution in [2.75, 3.05) is 0 Å². The molecule has 0 spiro atoms. The Hall–Kier alpha value is -2.22. The summed E-state index contributed by atoms with van der Waals surface area (Å²) >= 11 is 0. The number of hydrogen-bond acceptors (Lipinski definition) is 1. The third kappa shape index (κ3) is 2.24. The van der Waals surface area contributed by atoms with E-state index in [0.717, 1.165) is 0 Å². The maximum absolute atomic E-state index is 8.18. The average molecular weight is 140 g/mol. The molecule has 0 saturated carbocycles. The van der Waals surface area contributed by atoms with Gasteiger partial charge < -0.3 is 5.11 Å². The molecule has 0 saturated heterocycles. The minimum Gasteiger partial charge on any atom is -0.462 e. The second-order valence-electron chi connectivity index (χ2n) is 1.42. The molecule has 0 aromatic heterocycles. The molecule has 0 aliphatic heterocycles. The van der Waals surface area contributed by atoms with E-state index in [-0.39, 0.29) is 11.1 Å². The van der Waals surface area contributed by atoms with Crippen LogP contribution in [0.5, 0.6) is 0 Å². The summed E-state index contributed by atoms with van der Waals surface area (Å²) in [5, 5.41) is 8.18. The fraction of sp³-hybridized carbons (Fsp3) is 0. The Morgan fingerprint density at radius 2 is 1.36 bits per heavy atom. The predicted molar refractivity (Wildman–Crippen MR) is 43.2 cm³/mol. The number of terminal acetylenes is 3. The highest BCUT2D eigenvalue weighted by Crippen LogP contribution is 1.98. The van der Waals surface area contributed by atoms with E-state index in [2.05, 4.69) is 23.7 Å². The molecular formula is C10H4O. The first-order valence-electron chi connectivity index (χ1n) is 2.59. The maximum atomic E-state index is 8.18. The molecule has 0 rings (SSSR count). The molecule has 0 aliphatic carbocycles. The first-order chi connectivity index (χ1) is 5.29. The first-order valence-corrected chi connectivity index (χ1v) is 2.59. The molecule has 1 N–H and O–H groups in total. The van der Waals surface area contributed by atoms with Crippen LogP contribution in [-0.4, -0.2) is 5.11 Å². The quantitative estimate of drug-likeness (QED) is 0.486. The van der Waals surface area contributed by atoms with Crippen LogP contribution in [0, 0.1) is 49.1 Å². The molecule has 0 atom stereocenters. The van der Waals surface area contributed by atoms with Crippen molar-refractivity contribution in [3.63, 3.8) is 0 Å². The lowest BCUT2D eigenvalue weighted by Gasteiger charge is -1.86. The van der Waals surface area contributed by atoms with Crippen LogP contribution >= 0.6 is 0 Å². The smallest absolute Gasteiger partial charge is 0.113 e. The minimum atomic E-state index is 0.150. The lowest BCUT2D eigenvalue weighted by atomic mass is 10.1. The molecule has 50 valence electrons. The minimum absolute atomic E-state index is 0.150. The third-order valence-corrected chi connectivity index (χ3v) is 0.864. The fourth-order valence-electron chi connectivity index (χ4n) is 0.413. The van der Waals surface area contributed by atoms with Crippen LogP contribution in [0.3, 0.4) is 0 Å². The predicted octanol–water partition coefficient (Wildman–Crippen LogP) is 0.516. The average Bonchev–Trinajstić information content (AvgIpc) is 2.05. The van der Waals surface area contributed by atoms with Crippen LogP contribution in [0.4, 0.5) is 0 Å². The van der Waals surface area contributed by atoms with Gasteiger partial charge >= 0.3 is 0 Å². The monoisotopic (exact) mass is 140 g/mol. The third-order valence-electron chi connectivity index (χ3n) is 0.864. The zero-order valence-electron chi connectivity index (χ0n) is 5.68. The molecule has 1 nitrogen and oxygen atoms in total. The van der Waals surface area contributed by atoms with Gasteiger partial charge in [-0.1, -0.05) is 17.8 Å². The highest BCUT2D eigenvalue weighted by Gasteiger charge is 1.93. The van der Waals surface area contributed by atoms with E-state index in [1.54, 1.807) is 6.11 Å². The molecule has 0 unspecified atom stereocenters. The molecule has 1 heteroatoms. The Kier molecular flexibility index (Phi) is 3.70. The Morgan fingerprint density at radius 3 is 1.64 bits per heavy atom. The molecule has 0 aromatic rings. The van der Waals surface area contributed by atoms with Crippen molar-refractivity contribution in [2.24, 2.45) is 0 Å². The van der Waals surface area contributed by atoms with Crippen LogP contribution in [0.2, 0.25) is 0 Å². The summed E-state index contributed by atoms with van der Waals surface area (Å²) in [7, 11) is 0. The van der Waals surface area contributed by atoms with Crippen molar-refractivity contribution >= 4 is 0 Å².